The predicted octanol–water partition coefficient (Wildman–Crippen LogP) is 4.64. The van der Waals surface area contributed by atoms with E-state index in [0.29, 0.717) is 0 Å². The number of halogens is 3. The standard InChI is InChI=1S/C20H16F3N3O2/c1-13-17(9-15(10-25-13)20(21,22)23)26-19(27)16-7-8-24-11-18(16)28-12-14-5-3-2-4-6-14/h2-11H,12H2,1H3,(H,26,27). The molecule has 2 heterocycles. The predicted molar refractivity (Wildman–Crippen MR) is 96.9 cm³/mol. The second-order valence-corrected chi connectivity index (χ2v) is 5.95. The zero-order valence-corrected chi connectivity index (χ0v) is 14.8. The zero-order valence-electron chi connectivity index (χ0n) is 14.8. The van der Waals surface area contributed by atoms with E-state index in [1.807, 2.05) is 30.3 Å². The maximum atomic E-state index is 12.9. The molecule has 1 amide bonds. The Labute approximate surface area is 159 Å². The molecule has 5 nitrogen and oxygen atoms in total. The maximum Gasteiger partial charge on any atom is 0.417 e. The number of nitrogens with zero attached hydrogens (tertiary/aromatic N) is 2. The van der Waals surface area contributed by atoms with Gasteiger partial charge in [-0.1, -0.05) is 30.3 Å². The molecule has 3 rings (SSSR count). The highest BCUT2D eigenvalue weighted by Gasteiger charge is 2.31. The van der Waals surface area contributed by atoms with Crippen molar-refractivity contribution < 1.29 is 22.7 Å². The number of carbonyl (C=O) groups excluding carboxylic acids is 1. The van der Waals surface area contributed by atoms with Crippen molar-refractivity contribution in [2.24, 2.45) is 0 Å². The van der Waals surface area contributed by atoms with Crippen LogP contribution in [0.4, 0.5) is 18.9 Å². The van der Waals surface area contributed by atoms with Crippen LogP contribution in [-0.2, 0) is 12.8 Å². The molecule has 0 aliphatic carbocycles. The average molecular weight is 387 g/mol. The third-order valence-electron chi connectivity index (χ3n) is 3.93. The van der Waals surface area contributed by atoms with Gasteiger partial charge >= 0.3 is 6.18 Å². The highest BCUT2D eigenvalue weighted by atomic mass is 19.4. The van der Waals surface area contributed by atoms with Crippen LogP contribution in [-0.4, -0.2) is 15.9 Å². The summed E-state index contributed by atoms with van der Waals surface area (Å²) in [5, 5.41) is 2.47. The number of amides is 1. The van der Waals surface area contributed by atoms with Gasteiger partial charge in [-0.25, -0.2) is 0 Å². The first-order valence-corrected chi connectivity index (χ1v) is 8.30. The number of hydrogen-bond donors (Lipinski definition) is 1. The molecule has 0 unspecified atom stereocenters. The van der Waals surface area contributed by atoms with E-state index >= 15 is 0 Å². The van der Waals surface area contributed by atoms with Crippen molar-refractivity contribution in [1.82, 2.24) is 9.97 Å². The number of alkyl halides is 3. The van der Waals surface area contributed by atoms with Crippen LogP contribution in [0.3, 0.4) is 0 Å². The fourth-order valence-electron chi connectivity index (χ4n) is 2.42. The molecular formula is C20H16F3N3O2. The SMILES string of the molecule is Cc1ncc(C(F)(F)F)cc1NC(=O)c1ccncc1OCc1ccccc1. The first kappa shape index (κ1) is 19.3. The van der Waals surface area contributed by atoms with Crippen LogP contribution in [0.25, 0.3) is 0 Å². The van der Waals surface area contributed by atoms with Gasteiger partial charge in [-0.3, -0.25) is 14.8 Å². The fraction of sp³-hybridized carbons (Fsp3) is 0.150. The van der Waals surface area contributed by atoms with E-state index in [-0.39, 0.29) is 29.3 Å². The summed E-state index contributed by atoms with van der Waals surface area (Å²) in [6, 6.07) is 11.6. The molecule has 8 heteroatoms. The molecule has 2 aromatic heterocycles. The molecule has 144 valence electrons. The van der Waals surface area contributed by atoms with E-state index in [4.69, 9.17) is 4.74 Å². The van der Waals surface area contributed by atoms with Gasteiger partial charge in [0.1, 0.15) is 6.61 Å². The Morgan fingerprint density at radius 3 is 2.61 bits per heavy atom. The minimum Gasteiger partial charge on any atom is -0.486 e. The molecule has 0 saturated carbocycles. The number of aromatic nitrogens is 2. The average Bonchev–Trinajstić information content (AvgIpc) is 2.68. The van der Waals surface area contributed by atoms with E-state index < -0.39 is 17.6 Å². The molecule has 1 N–H and O–H groups in total. The molecule has 1 aromatic carbocycles. The lowest BCUT2D eigenvalue weighted by Crippen LogP contribution is -2.16. The highest BCUT2D eigenvalue weighted by Crippen LogP contribution is 2.31. The van der Waals surface area contributed by atoms with Crippen molar-refractivity contribution in [3.8, 4) is 5.75 Å². The van der Waals surface area contributed by atoms with Gasteiger partial charge in [0.05, 0.1) is 28.7 Å². The molecule has 0 saturated heterocycles. The number of nitrogens with one attached hydrogen (secondary N) is 1. The van der Waals surface area contributed by atoms with E-state index in [1.54, 1.807) is 0 Å². The van der Waals surface area contributed by atoms with E-state index in [9.17, 15) is 18.0 Å². The number of hydrogen-bond acceptors (Lipinski definition) is 4. The second-order valence-electron chi connectivity index (χ2n) is 5.95. The summed E-state index contributed by atoms with van der Waals surface area (Å²) >= 11 is 0. The van der Waals surface area contributed by atoms with Gasteiger partial charge in [-0.2, -0.15) is 13.2 Å². The quantitative estimate of drug-likeness (QED) is 0.693. The Kier molecular flexibility index (Phi) is 5.58. The van der Waals surface area contributed by atoms with Gasteiger partial charge in [0.2, 0.25) is 0 Å². The lowest BCUT2D eigenvalue weighted by atomic mass is 10.2. The maximum absolute atomic E-state index is 12.9. The van der Waals surface area contributed by atoms with Gasteiger partial charge in [0.15, 0.2) is 5.75 Å². The van der Waals surface area contributed by atoms with Crippen LogP contribution in [0.15, 0.2) is 61.1 Å². The van der Waals surface area contributed by atoms with Crippen molar-refractivity contribution in [2.75, 3.05) is 5.32 Å². The van der Waals surface area contributed by atoms with Crippen LogP contribution in [0.2, 0.25) is 0 Å². The smallest absolute Gasteiger partial charge is 0.417 e. The number of aryl methyl sites for hydroxylation is 1. The molecule has 0 bridgehead atoms. The third-order valence-corrected chi connectivity index (χ3v) is 3.93. The Hall–Kier alpha value is -3.42. The first-order valence-electron chi connectivity index (χ1n) is 8.30. The molecule has 3 aromatic rings. The van der Waals surface area contributed by atoms with Crippen LogP contribution in [0.1, 0.15) is 27.2 Å². The number of rotatable bonds is 5. The summed E-state index contributed by atoms with van der Waals surface area (Å²) in [7, 11) is 0. The van der Waals surface area contributed by atoms with Crippen molar-refractivity contribution in [3.05, 3.63) is 83.4 Å². The highest BCUT2D eigenvalue weighted by molar-refractivity contribution is 6.06. The van der Waals surface area contributed by atoms with Crippen molar-refractivity contribution in [1.29, 1.82) is 0 Å². The minimum atomic E-state index is -4.55. The van der Waals surface area contributed by atoms with Gasteiger partial charge in [0.25, 0.3) is 5.91 Å². The second kappa shape index (κ2) is 8.08. The van der Waals surface area contributed by atoms with Crippen LogP contribution in [0.5, 0.6) is 5.75 Å². The van der Waals surface area contributed by atoms with Gasteiger partial charge in [-0.05, 0) is 24.6 Å². The van der Waals surface area contributed by atoms with Crippen LogP contribution < -0.4 is 10.1 Å². The monoisotopic (exact) mass is 387 g/mol. The number of carbonyl (C=O) groups is 1. The molecule has 0 aliphatic rings. The van der Waals surface area contributed by atoms with E-state index in [2.05, 4.69) is 15.3 Å². The Morgan fingerprint density at radius 2 is 1.89 bits per heavy atom. The summed E-state index contributed by atoms with van der Waals surface area (Å²) in [4.78, 5) is 20.3. The van der Waals surface area contributed by atoms with Crippen molar-refractivity contribution in [3.63, 3.8) is 0 Å². The van der Waals surface area contributed by atoms with Crippen molar-refractivity contribution in [2.45, 2.75) is 19.7 Å². The van der Waals surface area contributed by atoms with Gasteiger partial charge < -0.3 is 10.1 Å². The topological polar surface area (TPSA) is 64.1 Å². The number of benzene rings is 1. The number of ether oxygens (including phenoxy) is 1. The van der Waals surface area contributed by atoms with E-state index in [0.717, 1.165) is 17.8 Å². The van der Waals surface area contributed by atoms with Crippen LogP contribution in [0, 0.1) is 6.92 Å². The lowest BCUT2D eigenvalue weighted by Gasteiger charge is -2.14. The Balaban J connectivity index is 1.80. The van der Waals surface area contributed by atoms with Crippen LogP contribution >= 0.6 is 0 Å². The fourth-order valence-corrected chi connectivity index (χ4v) is 2.42. The summed E-state index contributed by atoms with van der Waals surface area (Å²) < 4.78 is 44.4. The summed E-state index contributed by atoms with van der Waals surface area (Å²) in [6.07, 6.45) is -1.04. The Morgan fingerprint density at radius 1 is 1.14 bits per heavy atom. The number of pyridine rings is 2. The van der Waals surface area contributed by atoms with Crippen molar-refractivity contribution >= 4 is 11.6 Å². The van der Waals surface area contributed by atoms with E-state index in [1.165, 1.54) is 25.4 Å². The normalized spacial score (nSPS) is 11.1. The molecule has 0 spiro atoms. The van der Waals surface area contributed by atoms with Gasteiger partial charge in [-0.15, -0.1) is 0 Å². The zero-order chi connectivity index (χ0) is 20.1. The minimum absolute atomic E-state index is 0.0225. The molecule has 28 heavy (non-hydrogen) atoms. The third kappa shape index (κ3) is 4.64. The largest absolute Gasteiger partial charge is 0.486 e. The summed E-state index contributed by atoms with van der Waals surface area (Å²) in [5.41, 5.74) is 0.356. The van der Waals surface area contributed by atoms with Gasteiger partial charge in [0, 0.05) is 12.4 Å². The molecule has 0 radical (unpaired) electrons. The lowest BCUT2D eigenvalue weighted by molar-refractivity contribution is -0.137. The Bertz CT molecular complexity index is 976. The molecule has 0 atom stereocenters. The molecule has 0 fully saturated rings. The number of anilines is 1. The summed E-state index contributed by atoms with van der Waals surface area (Å²) in [6.45, 7) is 1.73. The summed E-state index contributed by atoms with van der Waals surface area (Å²) in [5.74, 6) is -0.392. The molecule has 0 aliphatic heterocycles. The first-order chi connectivity index (χ1) is 13.3. The molecular weight excluding hydrogens is 371 g/mol.